The molecule has 1 amide bonds. The molecule has 1 aliphatic rings. The molecule has 0 aliphatic carbocycles. The largest absolute Gasteiger partial charge is 0.481 e. The predicted octanol–water partition coefficient (Wildman–Crippen LogP) is 1.68. The van der Waals surface area contributed by atoms with Crippen molar-refractivity contribution in [2.75, 3.05) is 13.1 Å². The summed E-state index contributed by atoms with van der Waals surface area (Å²) in [4.78, 5) is 35.8. The van der Waals surface area contributed by atoms with Crippen LogP contribution in [-0.2, 0) is 14.3 Å². The Bertz CT molecular complexity index is 398. The van der Waals surface area contributed by atoms with Crippen molar-refractivity contribution >= 4 is 17.8 Å². The van der Waals surface area contributed by atoms with Crippen molar-refractivity contribution in [2.24, 2.45) is 5.41 Å². The number of likely N-dealkylation sites (tertiary alicyclic amines) is 1. The highest BCUT2D eigenvalue weighted by Gasteiger charge is 2.47. The van der Waals surface area contributed by atoms with E-state index in [1.807, 2.05) is 0 Å². The number of amides is 1. The van der Waals surface area contributed by atoms with E-state index in [1.165, 1.54) is 11.8 Å². The number of Topliss-reactive ketones (excluding diaryl/α,β-unsaturated/α-hetero) is 1. The first kappa shape index (κ1) is 15.5. The number of hydrogen-bond acceptors (Lipinski definition) is 4. The fraction of sp³-hybridized carbons (Fsp3) is 0.769. The molecule has 1 unspecified atom stereocenters. The molecule has 0 bridgehead atoms. The Balaban J connectivity index is 2.77. The molecular weight excluding hydrogens is 250 g/mol. The maximum absolute atomic E-state index is 11.9. The van der Waals surface area contributed by atoms with Crippen LogP contribution >= 0.6 is 0 Å². The molecule has 1 aliphatic heterocycles. The number of carbonyl (C=O) groups excluding carboxylic acids is 2. The van der Waals surface area contributed by atoms with E-state index >= 15 is 0 Å². The van der Waals surface area contributed by atoms with E-state index in [0.717, 1.165) is 0 Å². The van der Waals surface area contributed by atoms with Crippen LogP contribution in [0, 0.1) is 5.41 Å². The van der Waals surface area contributed by atoms with Crippen LogP contribution in [0.1, 0.15) is 40.5 Å². The summed E-state index contributed by atoms with van der Waals surface area (Å²) < 4.78 is 5.21. The van der Waals surface area contributed by atoms with Gasteiger partial charge in [0.15, 0.2) is 0 Å². The Morgan fingerprint density at radius 3 is 2.32 bits per heavy atom. The number of rotatable bonds is 3. The summed E-state index contributed by atoms with van der Waals surface area (Å²) in [5.74, 6) is -1.22. The summed E-state index contributed by atoms with van der Waals surface area (Å²) in [6.45, 7) is 6.94. The van der Waals surface area contributed by atoms with Gasteiger partial charge in [-0.15, -0.1) is 0 Å². The molecule has 1 rings (SSSR count). The summed E-state index contributed by atoms with van der Waals surface area (Å²) in [6.07, 6.45) is -0.304. The van der Waals surface area contributed by atoms with Crippen molar-refractivity contribution in [2.45, 2.75) is 46.1 Å². The predicted molar refractivity (Wildman–Crippen MR) is 67.8 cm³/mol. The summed E-state index contributed by atoms with van der Waals surface area (Å²) in [5.41, 5.74) is -1.78. The van der Waals surface area contributed by atoms with Gasteiger partial charge in [0, 0.05) is 19.5 Å². The van der Waals surface area contributed by atoms with Gasteiger partial charge in [-0.2, -0.15) is 0 Å². The van der Waals surface area contributed by atoms with Crippen molar-refractivity contribution in [3.63, 3.8) is 0 Å². The van der Waals surface area contributed by atoms with Gasteiger partial charge in [-0.05, 0) is 34.1 Å². The molecule has 1 fully saturated rings. The summed E-state index contributed by atoms with van der Waals surface area (Å²) in [7, 11) is 0. The first-order valence-corrected chi connectivity index (χ1v) is 6.26. The lowest BCUT2D eigenvalue weighted by atomic mass is 9.82. The van der Waals surface area contributed by atoms with Crippen molar-refractivity contribution in [3.8, 4) is 0 Å². The third-order valence-corrected chi connectivity index (χ3v) is 3.05. The number of ether oxygens (including phenoxy) is 1. The minimum Gasteiger partial charge on any atom is -0.481 e. The molecule has 0 aromatic carbocycles. The van der Waals surface area contributed by atoms with Crippen LogP contribution in [0.2, 0.25) is 0 Å². The Labute approximate surface area is 112 Å². The highest BCUT2D eigenvalue weighted by molar-refractivity contribution is 5.86. The average Bonchev–Trinajstić information content (AvgIpc) is 2.59. The zero-order valence-corrected chi connectivity index (χ0v) is 11.9. The standard InChI is InChI=1S/C13H21NO5/c1-9(15)7-13(10(16)17)5-6-14(8-13)11(18)19-12(2,3)4/h5-8H2,1-4H3,(H,16,17). The van der Waals surface area contributed by atoms with Crippen LogP contribution < -0.4 is 0 Å². The Kier molecular flexibility index (Phi) is 4.22. The van der Waals surface area contributed by atoms with Crippen LogP contribution in [0.5, 0.6) is 0 Å². The SMILES string of the molecule is CC(=O)CC1(C(=O)O)CCN(C(=O)OC(C)(C)C)C1. The summed E-state index contributed by atoms with van der Waals surface area (Å²) in [6, 6.07) is 0. The number of aliphatic carboxylic acids is 1. The van der Waals surface area contributed by atoms with Gasteiger partial charge in [-0.25, -0.2) is 4.79 Å². The van der Waals surface area contributed by atoms with Crippen LogP contribution in [0.3, 0.4) is 0 Å². The lowest BCUT2D eigenvalue weighted by molar-refractivity contribution is -0.150. The van der Waals surface area contributed by atoms with Crippen molar-refractivity contribution in [3.05, 3.63) is 0 Å². The fourth-order valence-corrected chi connectivity index (χ4v) is 2.23. The second kappa shape index (κ2) is 5.19. The Morgan fingerprint density at radius 2 is 1.89 bits per heavy atom. The number of hydrogen-bond donors (Lipinski definition) is 1. The summed E-state index contributed by atoms with van der Waals surface area (Å²) in [5, 5.41) is 9.31. The highest BCUT2D eigenvalue weighted by atomic mass is 16.6. The normalized spacial score (nSPS) is 23.3. The van der Waals surface area contributed by atoms with Crippen molar-refractivity contribution in [1.82, 2.24) is 4.90 Å². The molecule has 6 nitrogen and oxygen atoms in total. The van der Waals surface area contributed by atoms with Crippen LogP contribution in [-0.4, -0.2) is 46.5 Å². The molecule has 0 spiro atoms. The summed E-state index contributed by atoms with van der Waals surface area (Å²) >= 11 is 0. The molecular formula is C13H21NO5. The van der Waals surface area contributed by atoms with E-state index in [2.05, 4.69) is 0 Å². The molecule has 1 heterocycles. The molecule has 0 aromatic rings. The van der Waals surface area contributed by atoms with Gasteiger partial charge in [-0.3, -0.25) is 9.59 Å². The van der Waals surface area contributed by atoms with E-state index in [1.54, 1.807) is 20.8 Å². The van der Waals surface area contributed by atoms with E-state index in [9.17, 15) is 19.5 Å². The van der Waals surface area contributed by atoms with E-state index in [0.29, 0.717) is 6.54 Å². The van der Waals surface area contributed by atoms with E-state index < -0.39 is 23.1 Å². The molecule has 0 radical (unpaired) electrons. The molecule has 0 saturated carbocycles. The quantitative estimate of drug-likeness (QED) is 0.844. The van der Waals surface area contributed by atoms with Gasteiger partial charge in [0.25, 0.3) is 0 Å². The molecule has 1 atom stereocenters. The topological polar surface area (TPSA) is 83.9 Å². The zero-order chi connectivity index (χ0) is 14.8. The maximum Gasteiger partial charge on any atom is 0.410 e. The first-order valence-electron chi connectivity index (χ1n) is 6.26. The number of carboxylic acids is 1. The third-order valence-electron chi connectivity index (χ3n) is 3.05. The second-order valence-electron chi connectivity index (χ2n) is 6.12. The molecule has 1 saturated heterocycles. The smallest absolute Gasteiger partial charge is 0.410 e. The second-order valence-corrected chi connectivity index (χ2v) is 6.12. The minimum absolute atomic E-state index is 0.0246. The van der Waals surface area contributed by atoms with Gasteiger partial charge >= 0.3 is 12.1 Å². The number of carbonyl (C=O) groups is 3. The average molecular weight is 271 g/mol. The molecule has 19 heavy (non-hydrogen) atoms. The number of ketones is 1. The monoisotopic (exact) mass is 271 g/mol. The first-order chi connectivity index (χ1) is 8.56. The molecule has 0 aromatic heterocycles. The molecule has 6 heteroatoms. The number of carboxylic acid groups (broad SMARTS) is 1. The van der Waals surface area contributed by atoms with Crippen molar-refractivity contribution in [1.29, 1.82) is 0 Å². The maximum atomic E-state index is 11.9. The van der Waals surface area contributed by atoms with Crippen molar-refractivity contribution < 1.29 is 24.2 Å². The Hall–Kier alpha value is -1.59. The zero-order valence-electron chi connectivity index (χ0n) is 11.9. The van der Waals surface area contributed by atoms with Gasteiger partial charge in [0.2, 0.25) is 0 Å². The fourth-order valence-electron chi connectivity index (χ4n) is 2.23. The third kappa shape index (κ3) is 3.94. The van der Waals surface area contributed by atoms with Gasteiger partial charge < -0.3 is 14.7 Å². The Morgan fingerprint density at radius 1 is 1.32 bits per heavy atom. The highest BCUT2D eigenvalue weighted by Crippen LogP contribution is 2.35. The van der Waals surface area contributed by atoms with E-state index in [4.69, 9.17) is 4.74 Å². The van der Waals surface area contributed by atoms with Gasteiger partial charge in [0.1, 0.15) is 11.4 Å². The lowest BCUT2D eigenvalue weighted by Gasteiger charge is -2.26. The van der Waals surface area contributed by atoms with Gasteiger partial charge in [-0.1, -0.05) is 0 Å². The van der Waals surface area contributed by atoms with Crippen LogP contribution in [0.15, 0.2) is 0 Å². The van der Waals surface area contributed by atoms with Crippen LogP contribution in [0.4, 0.5) is 4.79 Å². The number of nitrogens with zero attached hydrogens (tertiary/aromatic N) is 1. The minimum atomic E-state index is -1.16. The molecule has 108 valence electrons. The van der Waals surface area contributed by atoms with Gasteiger partial charge in [0.05, 0.1) is 5.41 Å². The van der Waals surface area contributed by atoms with Crippen LogP contribution in [0.25, 0.3) is 0 Å². The van der Waals surface area contributed by atoms with E-state index in [-0.39, 0.29) is 25.2 Å². The lowest BCUT2D eigenvalue weighted by Crippen LogP contribution is -2.40. The molecule has 1 N–H and O–H groups in total.